The highest BCUT2D eigenvalue weighted by atomic mass is 16.5. The maximum absolute atomic E-state index is 12.8. The first-order valence-electron chi connectivity index (χ1n) is 9.26. The van der Waals surface area contributed by atoms with Crippen molar-refractivity contribution >= 4 is 17.3 Å². The number of carbonyl (C=O) groups is 1. The van der Waals surface area contributed by atoms with Crippen LogP contribution in [-0.2, 0) is 22.4 Å². The average Bonchev–Trinajstić information content (AvgIpc) is 3.11. The third kappa shape index (κ3) is 3.81. The summed E-state index contributed by atoms with van der Waals surface area (Å²) in [5.41, 5.74) is 5.69. The van der Waals surface area contributed by atoms with E-state index in [9.17, 15) is 4.79 Å². The Hall–Kier alpha value is -2.59. The van der Waals surface area contributed by atoms with E-state index in [1.165, 1.54) is 11.1 Å². The molecule has 0 fully saturated rings. The molecule has 2 heterocycles. The van der Waals surface area contributed by atoms with Crippen LogP contribution in [0.15, 0.2) is 60.2 Å². The van der Waals surface area contributed by atoms with Gasteiger partial charge in [0.25, 0.3) is 0 Å². The quantitative estimate of drug-likeness (QED) is 0.840. The van der Waals surface area contributed by atoms with Gasteiger partial charge in [-0.1, -0.05) is 42.5 Å². The molecular weight excluding hydrogens is 324 g/mol. The van der Waals surface area contributed by atoms with Crippen LogP contribution in [0.5, 0.6) is 0 Å². The van der Waals surface area contributed by atoms with Crippen LogP contribution in [0.2, 0.25) is 0 Å². The van der Waals surface area contributed by atoms with Crippen molar-refractivity contribution in [3.8, 4) is 0 Å². The molecule has 4 rings (SSSR count). The van der Waals surface area contributed by atoms with E-state index in [2.05, 4.69) is 29.6 Å². The van der Waals surface area contributed by atoms with Crippen LogP contribution in [0.3, 0.4) is 0 Å². The lowest BCUT2D eigenvalue weighted by Crippen LogP contribution is -2.30. The third-order valence-corrected chi connectivity index (χ3v) is 4.98. The highest BCUT2D eigenvalue weighted by molar-refractivity contribution is 5.97. The molecule has 0 aliphatic carbocycles. The van der Waals surface area contributed by atoms with E-state index in [-0.39, 0.29) is 5.91 Å². The largest absolute Gasteiger partial charge is 0.381 e. The number of amides is 1. The molecule has 0 unspecified atom stereocenters. The number of anilines is 2. The molecular formula is C22H24N2O2. The normalized spacial score (nSPS) is 16.2. The summed E-state index contributed by atoms with van der Waals surface area (Å²) >= 11 is 0. The number of rotatable bonds is 5. The van der Waals surface area contributed by atoms with Crippen LogP contribution in [0, 0.1) is 0 Å². The second-order valence-electron chi connectivity index (χ2n) is 6.86. The second kappa shape index (κ2) is 7.75. The minimum atomic E-state index is 0.162. The molecule has 1 N–H and O–H groups in total. The van der Waals surface area contributed by atoms with E-state index in [0.717, 1.165) is 49.5 Å². The number of carbonyl (C=O) groups excluding carboxylic acids is 1. The van der Waals surface area contributed by atoms with Crippen molar-refractivity contribution < 1.29 is 9.53 Å². The SMILES string of the molecule is O=C(Cc1ccccc1)N1CCc2ccc(NCC3=CCCOC3)cc21. The molecule has 4 heteroatoms. The van der Waals surface area contributed by atoms with Gasteiger partial charge in [0, 0.05) is 24.5 Å². The highest BCUT2D eigenvalue weighted by Crippen LogP contribution is 2.31. The highest BCUT2D eigenvalue weighted by Gasteiger charge is 2.24. The van der Waals surface area contributed by atoms with Crippen molar-refractivity contribution in [3.63, 3.8) is 0 Å². The summed E-state index contributed by atoms with van der Waals surface area (Å²) < 4.78 is 5.49. The Kier molecular flexibility index (Phi) is 5.02. The predicted octanol–water partition coefficient (Wildman–Crippen LogP) is 3.58. The molecule has 0 spiro atoms. The molecule has 0 radical (unpaired) electrons. The van der Waals surface area contributed by atoms with E-state index < -0.39 is 0 Å². The Labute approximate surface area is 154 Å². The minimum absolute atomic E-state index is 0.162. The molecule has 2 aliphatic heterocycles. The van der Waals surface area contributed by atoms with Crippen molar-refractivity contribution in [2.75, 3.05) is 36.5 Å². The predicted molar refractivity (Wildman–Crippen MR) is 105 cm³/mol. The molecule has 4 nitrogen and oxygen atoms in total. The average molecular weight is 348 g/mol. The molecule has 2 aromatic rings. The molecule has 0 bridgehead atoms. The van der Waals surface area contributed by atoms with Gasteiger partial charge in [0.2, 0.25) is 5.91 Å². The van der Waals surface area contributed by atoms with E-state index in [4.69, 9.17) is 4.74 Å². The molecule has 0 saturated heterocycles. The van der Waals surface area contributed by atoms with Gasteiger partial charge < -0.3 is 15.0 Å². The fourth-order valence-corrected chi connectivity index (χ4v) is 3.56. The zero-order valence-electron chi connectivity index (χ0n) is 14.9. The molecule has 2 aliphatic rings. The zero-order chi connectivity index (χ0) is 17.8. The number of ether oxygens (including phenoxy) is 1. The zero-order valence-corrected chi connectivity index (χ0v) is 14.9. The molecule has 134 valence electrons. The first-order valence-corrected chi connectivity index (χ1v) is 9.26. The van der Waals surface area contributed by atoms with Gasteiger partial charge in [-0.25, -0.2) is 0 Å². The van der Waals surface area contributed by atoms with Crippen LogP contribution in [0.4, 0.5) is 11.4 Å². The van der Waals surface area contributed by atoms with E-state index in [1.54, 1.807) is 0 Å². The summed E-state index contributed by atoms with van der Waals surface area (Å²) in [4.78, 5) is 14.7. The first-order chi connectivity index (χ1) is 12.8. The number of fused-ring (bicyclic) bond motifs is 1. The Morgan fingerprint density at radius 1 is 1.15 bits per heavy atom. The fraction of sp³-hybridized carbons (Fsp3) is 0.318. The summed E-state index contributed by atoms with van der Waals surface area (Å²) in [5.74, 6) is 0.162. The van der Waals surface area contributed by atoms with Crippen LogP contribution < -0.4 is 10.2 Å². The summed E-state index contributed by atoms with van der Waals surface area (Å²) in [5, 5.41) is 3.47. The van der Waals surface area contributed by atoms with E-state index in [1.807, 2.05) is 35.2 Å². The summed E-state index contributed by atoms with van der Waals surface area (Å²) in [7, 11) is 0. The summed E-state index contributed by atoms with van der Waals surface area (Å²) in [6.07, 6.45) is 4.61. The fourth-order valence-electron chi connectivity index (χ4n) is 3.56. The maximum atomic E-state index is 12.8. The van der Waals surface area contributed by atoms with Crippen LogP contribution in [0.25, 0.3) is 0 Å². The monoisotopic (exact) mass is 348 g/mol. The van der Waals surface area contributed by atoms with Crippen molar-refractivity contribution in [1.82, 2.24) is 0 Å². The van der Waals surface area contributed by atoms with Crippen molar-refractivity contribution in [3.05, 3.63) is 71.3 Å². The van der Waals surface area contributed by atoms with Gasteiger partial charge in [-0.3, -0.25) is 4.79 Å². The van der Waals surface area contributed by atoms with Gasteiger partial charge in [0.15, 0.2) is 0 Å². The lowest BCUT2D eigenvalue weighted by Gasteiger charge is -2.19. The third-order valence-electron chi connectivity index (χ3n) is 4.98. The Balaban J connectivity index is 1.45. The molecule has 2 aromatic carbocycles. The topological polar surface area (TPSA) is 41.6 Å². The van der Waals surface area contributed by atoms with E-state index in [0.29, 0.717) is 13.0 Å². The summed E-state index contributed by atoms with van der Waals surface area (Å²) in [6.45, 7) is 3.08. The lowest BCUT2D eigenvalue weighted by atomic mass is 10.1. The van der Waals surface area contributed by atoms with Gasteiger partial charge in [-0.2, -0.15) is 0 Å². The van der Waals surface area contributed by atoms with Gasteiger partial charge in [0.1, 0.15) is 0 Å². The van der Waals surface area contributed by atoms with Crippen molar-refractivity contribution in [2.45, 2.75) is 19.3 Å². The summed E-state index contributed by atoms with van der Waals surface area (Å²) in [6, 6.07) is 16.3. The standard InChI is InChI=1S/C22H24N2O2/c25-22(13-17-5-2-1-3-6-17)24-11-10-19-8-9-20(14-21(19)24)23-15-18-7-4-12-26-16-18/h1-3,5-9,14,23H,4,10-13,15-16H2. The smallest absolute Gasteiger partial charge is 0.231 e. The molecule has 26 heavy (non-hydrogen) atoms. The Bertz CT molecular complexity index is 814. The van der Waals surface area contributed by atoms with Crippen LogP contribution in [-0.4, -0.2) is 32.2 Å². The second-order valence-corrected chi connectivity index (χ2v) is 6.86. The van der Waals surface area contributed by atoms with Crippen LogP contribution >= 0.6 is 0 Å². The molecule has 0 atom stereocenters. The van der Waals surface area contributed by atoms with Gasteiger partial charge in [0.05, 0.1) is 19.6 Å². The lowest BCUT2D eigenvalue weighted by molar-refractivity contribution is -0.117. The number of nitrogens with zero attached hydrogens (tertiary/aromatic N) is 1. The number of hydrogen-bond donors (Lipinski definition) is 1. The van der Waals surface area contributed by atoms with Gasteiger partial charge in [-0.15, -0.1) is 0 Å². The number of hydrogen-bond acceptors (Lipinski definition) is 3. The van der Waals surface area contributed by atoms with Crippen molar-refractivity contribution in [2.24, 2.45) is 0 Å². The Morgan fingerprint density at radius 3 is 2.85 bits per heavy atom. The number of benzene rings is 2. The molecule has 0 saturated carbocycles. The van der Waals surface area contributed by atoms with Gasteiger partial charge >= 0.3 is 0 Å². The molecule has 0 aromatic heterocycles. The van der Waals surface area contributed by atoms with E-state index >= 15 is 0 Å². The maximum Gasteiger partial charge on any atom is 0.231 e. The minimum Gasteiger partial charge on any atom is -0.381 e. The molecule has 1 amide bonds. The Morgan fingerprint density at radius 2 is 2.04 bits per heavy atom. The van der Waals surface area contributed by atoms with Crippen LogP contribution in [0.1, 0.15) is 17.5 Å². The van der Waals surface area contributed by atoms with Crippen molar-refractivity contribution in [1.29, 1.82) is 0 Å². The first kappa shape index (κ1) is 16.9. The number of nitrogens with one attached hydrogen (secondary N) is 1. The van der Waals surface area contributed by atoms with Gasteiger partial charge in [-0.05, 0) is 41.7 Å².